The minimum atomic E-state index is -0.312. The van der Waals surface area contributed by atoms with Crippen LogP contribution in [0.1, 0.15) is 19.4 Å². The first-order chi connectivity index (χ1) is 8.55. The number of fused-ring (bicyclic) bond motifs is 1. The first-order valence-electron chi connectivity index (χ1n) is 6.20. The van der Waals surface area contributed by atoms with E-state index >= 15 is 0 Å². The number of H-pyrrole nitrogens is 1. The van der Waals surface area contributed by atoms with Crippen LogP contribution >= 0.6 is 0 Å². The summed E-state index contributed by atoms with van der Waals surface area (Å²) in [4.78, 5) is 15.1. The number of hydrogen-bond acceptors (Lipinski definition) is 2. The minimum Gasteiger partial charge on any atom is -0.361 e. The molecule has 1 aliphatic heterocycles. The van der Waals surface area contributed by atoms with Crippen molar-refractivity contribution in [1.29, 1.82) is 0 Å². The van der Waals surface area contributed by atoms with Gasteiger partial charge in [0.2, 0.25) is 5.91 Å². The quantitative estimate of drug-likeness (QED) is 0.749. The summed E-state index contributed by atoms with van der Waals surface area (Å²) in [6.07, 6.45) is 2.70. The molecular formula is C14H17N3O. The average molecular weight is 243 g/mol. The molecule has 1 aromatic heterocycles. The Morgan fingerprint density at radius 1 is 1.28 bits per heavy atom. The molecule has 18 heavy (non-hydrogen) atoms. The monoisotopic (exact) mass is 243 g/mol. The summed E-state index contributed by atoms with van der Waals surface area (Å²) in [6.45, 7) is 3.94. The number of benzene rings is 1. The lowest BCUT2D eigenvalue weighted by atomic mass is 10.1. The van der Waals surface area contributed by atoms with Crippen molar-refractivity contribution < 1.29 is 4.79 Å². The van der Waals surface area contributed by atoms with Crippen LogP contribution < -0.4 is 10.6 Å². The average Bonchev–Trinajstić information content (AvgIpc) is 2.81. The van der Waals surface area contributed by atoms with Gasteiger partial charge >= 0.3 is 0 Å². The zero-order valence-corrected chi connectivity index (χ0v) is 10.6. The number of amides is 1. The summed E-state index contributed by atoms with van der Waals surface area (Å²) >= 11 is 0. The van der Waals surface area contributed by atoms with Crippen LogP contribution in [0.25, 0.3) is 10.9 Å². The second-order valence-corrected chi connectivity index (χ2v) is 5.37. The van der Waals surface area contributed by atoms with Crippen molar-refractivity contribution in [3.8, 4) is 0 Å². The normalized spacial score (nSPS) is 22.3. The Morgan fingerprint density at radius 2 is 2.06 bits per heavy atom. The predicted octanol–water partition coefficient (Wildman–Crippen LogP) is 1.53. The van der Waals surface area contributed by atoms with Crippen LogP contribution in [0.2, 0.25) is 0 Å². The third-order valence-electron chi connectivity index (χ3n) is 3.39. The molecule has 4 nitrogen and oxygen atoms in total. The predicted molar refractivity (Wildman–Crippen MR) is 71.1 cm³/mol. The molecule has 94 valence electrons. The summed E-state index contributed by atoms with van der Waals surface area (Å²) in [7, 11) is 0. The first kappa shape index (κ1) is 11.3. The molecule has 1 aliphatic rings. The standard InChI is InChI=1S/C14H17N3O/c1-14(2)16-12(13(18)17-14)7-9-8-15-11-6-4-3-5-10(9)11/h3-6,8,12,15-16H,7H2,1-2H3,(H,17,18)/t12-/m0/s1. The second kappa shape index (κ2) is 3.85. The van der Waals surface area contributed by atoms with Crippen molar-refractivity contribution >= 4 is 16.8 Å². The van der Waals surface area contributed by atoms with Gasteiger partial charge in [0.1, 0.15) is 0 Å². The molecule has 2 aromatic rings. The van der Waals surface area contributed by atoms with E-state index in [1.807, 2.05) is 38.2 Å². The van der Waals surface area contributed by atoms with Crippen molar-refractivity contribution in [3.63, 3.8) is 0 Å². The third kappa shape index (κ3) is 1.88. The molecule has 3 rings (SSSR count). The summed E-state index contributed by atoms with van der Waals surface area (Å²) < 4.78 is 0. The van der Waals surface area contributed by atoms with Gasteiger partial charge in [-0.25, -0.2) is 0 Å². The largest absolute Gasteiger partial charge is 0.361 e. The summed E-state index contributed by atoms with van der Waals surface area (Å²) in [5.41, 5.74) is 1.98. The van der Waals surface area contributed by atoms with Crippen LogP contribution in [0.4, 0.5) is 0 Å². The van der Waals surface area contributed by atoms with Crippen LogP contribution in [0, 0.1) is 0 Å². The Labute approximate surface area is 106 Å². The molecule has 1 aromatic carbocycles. The number of carbonyl (C=O) groups excluding carboxylic acids is 1. The number of aromatic nitrogens is 1. The zero-order chi connectivity index (χ0) is 12.8. The molecular weight excluding hydrogens is 226 g/mol. The molecule has 0 spiro atoms. The highest BCUT2D eigenvalue weighted by Gasteiger charge is 2.36. The molecule has 0 aliphatic carbocycles. The molecule has 0 unspecified atom stereocenters. The van der Waals surface area contributed by atoms with Crippen LogP contribution in [0.5, 0.6) is 0 Å². The molecule has 1 amide bonds. The Balaban J connectivity index is 1.87. The lowest BCUT2D eigenvalue weighted by Gasteiger charge is -2.18. The van der Waals surface area contributed by atoms with Crippen LogP contribution in [-0.4, -0.2) is 22.6 Å². The number of carbonyl (C=O) groups is 1. The molecule has 0 radical (unpaired) electrons. The van der Waals surface area contributed by atoms with Crippen LogP contribution in [0.15, 0.2) is 30.5 Å². The summed E-state index contributed by atoms with van der Waals surface area (Å²) in [6, 6.07) is 8.00. The topological polar surface area (TPSA) is 56.9 Å². The van der Waals surface area contributed by atoms with Gasteiger partial charge in [0.25, 0.3) is 0 Å². The van der Waals surface area contributed by atoms with E-state index in [4.69, 9.17) is 0 Å². The van der Waals surface area contributed by atoms with Crippen LogP contribution in [-0.2, 0) is 11.2 Å². The van der Waals surface area contributed by atoms with Crippen molar-refractivity contribution in [2.24, 2.45) is 0 Å². The molecule has 4 heteroatoms. The van der Waals surface area contributed by atoms with E-state index in [0.717, 1.165) is 5.52 Å². The maximum Gasteiger partial charge on any atom is 0.238 e. The van der Waals surface area contributed by atoms with Gasteiger partial charge in [0.15, 0.2) is 0 Å². The van der Waals surface area contributed by atoms with Crippen LogP contribution in [0.3, 0.4) is 0 Å². The fraction of sp³-hybridized carbons (Fsp3) is 0.357. The van der Waals surface area contributed by atoms with Gasteiger partial charge < -0.3 is 10.3 Å². The fourth-order valence-electron chi connectivity index (χ4n) is 2.60. The highest BCUT2D eigenvalue weighted by molar-refractivity contribution is 5.87. The number of aromatic amines is 1. The van der Waals surface area contributed by atoms with E-state index < -0.39 is 0 Å². The summed E-state index contributed by atoms with van der Waals surface area (Å²) in [5, 5.41) is 7.44. The lowest BCUT2D eigenvalue weighted by Crippen LogP contribution is -2.44. The van der Waals surface area contributed by atoms with Gasteiger partial charge in [-0.2, -0.15) is 0 Å². The molecule has 1 saturated heterocycles. The number of rotatable bonds is 2. The van der Waals surface area contributed by atoms with E-state index in [1.54, 1.807) is 0 Å². The van der Waals surface area contributed by atoms with Gasteiger partial charge in [0.05, 0.1) is 11.7 Å². The Morgan fingerprint density at radius 3 is 2.78 bits per heavy atom. The molecule has 0 bridgehead atoms. The molecule has 0 saturated carbocycles. The van der Waals surface area contributed by atoms with Gasteiger partial charge in [-0.15, -0.1) is 0 Å². The van der Waals surface area contributed by atoms with E-state index in [1.165, 1.54) is 10.9 Å². The number of nitrogens with one attached hydrogen (secondary N) is 3. The molecule has 1 fully saturated rings. The van der Waals surface area contributed by atoms with E-state index in [0.29, 0.717) is 6.42 Å². The van der Waals surface area contributed by atoms with Gasteiger partial charge in [-0.1, -0.05) is 18.2 Å². The highest BCUT2D eigenvalue weighted by atomic mass is 16.2. The van der Waals surface area contributed by atoms with E-state index in [-0.39, 0.29) is 17.6 Å². The lowest BCUT2D eigenvalue weighted by molar-refractivity contribution is -0.120. The number of hydrogen-bond donors (Lipinski definition) is 3. The van der Waals surface area contributed by atoms with Gasteiger partial charge in [-0.05, 0) is 31.9 Å². The van der Waals surface area contributed by atoms with Crippen molar-refractivity contribution in [2.45, 2.75) is 32.0 Å². The summed E-state index contributed by atoms with van der Waals surface area (Å²) in [5.74, 6) is 0.0743. The first-order valence-corrected chi connectivity index (χ1v) is 6.20. The number of para-hydroxylation sites is 1. The van der Waals surface area contributed by atoms with Crippen molar-refractivity contribution in [3.05, 3.63) is 36.0 Å². The van der Waals surface area contributed by atoms with Gasteiger partial charge in [0, 0.05) is 17.1 Å². The Hall–Kier alpha value is -1.81. The maximum absolute atomic E-state index is 11.9. The third-order valence-corrected chi connectivity index (χ3v) is 3.39. The highest BCUT2D eigenvalue weighted by Crippen LogP contribution is 2.21. The van der Waals surface area contributed by atoms with Crippen molar-refractivity contribution in [1.82, 2.24) is 15.6 Å². The van der Waals surface area contributed by atoms with Gasteiger partial charge in [-0.3, -0.25) is 10.1 Å². The SMILES string of the molecule is CC1(C)NC(=O)[C@H](Cc2c[nH]c3ccccc23)N1. The van der Waals surface area contributed by atoms with Crippen molar-refractivity contribution in [2.75, 3.05) is 0 Å². The molecule has 1 atom stereocenters. The maximum atomic E-state index is 11.9. The molecule has 3 N–H and O–H groups in total. The minimum absolute atomic E-state index is 0.0743. The van der Waals surface area contributed by atoms with E-state index in [2.05, 4.69) is 21.7 Å². The molecule has 2 heterocycles. The zero-order valence-electron chi connectivity index (χ0n) is 10.6. The van der Waals surface area contributed by atoms with E-state index in [9.17, 15) is 4.79 Å². The Bertz CT molecular complexity index is 600. The second-order valence-electron chi connectivity index (χ2n) is 5.37. The Kier molecular flexibility index (Phi) is 2.41. The fourth-order valence-corrected chi connectivity index (χ4v) is 2.60. The smallest absolute Gasteiger partial charge is 0.238 e.